The molecule has 0 aliphatic heterocycles. The molecule has 2 rings (SSSR count). The fourth-order valence-electron chi connectivity index (χ4n) is 2.35. The molecule has 0 amide bonds. The first-order valence-electron chi connectivity index (χ1n) is 5.67. The van der Waals surface area contributed by atoms with Gasteiger partial charge >= 0.3 is 0 Å². The van der Waals surface area contributed by atoms with Gasteiger partial charge in [0.15, 0.2) is 0 Å². The Balaban J connectivity index is 2.16. The zero-order valence-corrected chi connectivity index (χ0v) is 9.24. The van der Waals surface area contributed by atoms with Gasteiger partial charge in [-0.05, 0) is 31.0 Å². The zero-order valence-electron chi connectivity index (χ0n) is 9.24. The minimum Gasteiger partial charge on any atom is -0.394 e. The Morgan fingerprint density at radius 3 is 2.75 bits per heavy atom. The lowest BCUT2D eigenvalue weighted by molar-refractivity contribution is 0.214. The van der Waals surface area contributed by atoms with E-state index < -0.39 is 0 Å². The van der Waals surface area contributed by atoms with Crippen molar-refractivity contribution in [1.82, 2.24) is 0 Å². The molecule has 0 spiro atoms. The zero-order chi connectivity index (χ0) is 11.4. The monoisotopic (exact) mass is 216 g/mol. The van der Waals surface area contributed by atoms with Crippen molar-refractivity contribution in [3.8, 4) is 6.07 Å². The number of aliphatic hydroxyl groups is 1. The largest absolute Gasteiger partial charge is 0.394 e. The van der Waals surface area contributed by atoms with Crippen molar-refractivity contribution in [2.24, 2.45) is 0 Å². The molecule has 0 heterocycles. The van der Waals surface area contributed by atoms with Gasteiger partial charge in [-0.2, -0.15) is 5.26 Å². The van der Waals surface area contributed by atoms with Gasteiger partial charge in [0.05, 0.1) is 23.8 Å². The molecular weight excluding hydrogens is 200 g/mol. The molecule has 0 aromatic heterocycles. The summed E-state index contributed by atoms with van der Waals surface area (Å²) < 4.78 is 0. The number of hydrogen-bond acceptors (Lipinski definition) is 3. The Labute approximate surface area is 95.7 Å². The van der Waals surface area contributed by atoms with Gasteiger partial charge in [-0.25, -0.2) is 0 Å². The van der Waals surface area contributed by atoms with Crippen LogP contribution < -0.4 is 5.32 Å². The molecule has 2 N–H and O–H groups in total. The fourth-order valence-corrected chi connectivity index (χ4v) is 2.35. The van der Waals surface area contributed by atoms with Gasteiger partial charge in [-0.3, -0.25) is 0 Å². The predicted molar refractivity (Wildman–Crippen MR) is 63.1 cm³/mol. The molecule has 3 nitrogen and oxygen atoms in total. The number of anilines is 1. The minimum absolute atomic E-state index is 0.157. The second-order valence-electron chi connectivity index (χ2n) is 4.46. The first-order valence-corrected chi connectivity index (χ1v) is 5.67. The maximum Gasteiger partial charge on any atom is 0.0992 e. The number of aliphatic hydroxyl groups excluding tert-OH is 1. The Morgan fingerprint density at radius 1 is 1.38 bits per heavy atom. The highest BCUT2D eigenvalue weighted by Crippen LogP contribution is 2.32. The average Bonchev–Trinajstić information content (AvgIpc) is 2.78. The summed E-state index contributed by atoms with van der Waals surface area (Å²) in [6.45, 7) is 0.157. The van der Waals surface area contributed by atoms with E-state index in [-0.39, 0.29) is 12.1 Å². The first kappa shape index (κ1) is 11.0. The van der Waals surface area contributed by atoms with E-state index in [0.717, 1.165) is 31.4 Å². The number of benzene rings is 1. The van der Waals surface area contributed by atoms with E-state index in [1.165, 1.54) is 0 Å². The normalized spacial score (nSPS) is 18.0. The van der Waals surface area contributed by atoms with E-state index in [1.54, 1.807) is 6.07 Å². The van der Waals surface area contributed by atoms with Crippen LogP contribution in [0.15, 0.2) is 24.3 Å². The minimum atomic E-state index is -0.173. The van der Waals surface area contributed by atoms with E-state index in [2.05, 4.69) is 11.4 Å². The van der Waals surface area contributed by atoms with Crippen molar-refractivity contribution < 1.29 is 5.11 Å². The first-order chi connectivity index (χ1) is 7.78. The topological polar surface area (TPSA) is 56.0 Å². The molecule has 0 bridgehead atoms. The fraction of sp³-hybridized carbons (Fsp3) is 0.462. The quantitative estimate of drug-likeness (QED) is 0.815. The average molecular weight is 216 g/mol. The molecule has 84 valence electrons. The lowest BCUT2D eigenvalue weighted by Gasteiger charge is -2.29. The van der Waals surface area contributed by atoms with Crippen molar-refractivity contribution in [2.45, 2.75) is 31.2 Å². The third-order valence-corrected chi connectivity index (χ3v) is 3.26. The molecule has 1 fully saturated rings. The summed E-state index contributed by atoms with van der Waals surface area (Å²) >= 11 is 0. The Bertz CT molecular complexity index is 403. The summed E-state index contributed by atoms with van der Waals surface area (Å²) in [4.78, 5) is 0. The van der Waals surface area contributed by atoms with Crippen LogP contribution in [0.1, 0.15) is 31.2 Å². The molecule has 1 aliphatic carbocycles. The third kappa shape index (κ3) is 2.17. The molecule has 1 aliphatic rings. The van der Waals surface area contributed by atoms with Gasteiger partial charge in [-0.15, -0.1) is 0 Å². The molecule has 1 aromatic carbocycles. The van der Waals surface area contributed by atoms with Crippen molar-refractivity contribution in [3.63, 3.8) is 0 Å². The van der Waals surface area contributed by atoms with Gasteiger partial charge < -0.3 is 10.4 Å². The van der Waals surface area contributed by atoms with Gasteiger partial charge in [0.1, 0.15) is 0 Å². The molecule has 3 heteroatoms. The van der Waals surface area contributed by atoms with Gasteiger partial charge in [0, 0.05) is 5.69 Å². The van der Waals surface area contributed by atoms with E-state index in [0.29, 0.717) is 5.56 Å². The number of hydrogen-bond donors (Lipinski definition) is 2. The summed E-state index contributed by atoms with van der Waals surface area (Å²) in [5, 5.41) is 21.7. The summed E-state index contributed by atoms with van der Waals surface area (Å²) in [5.74, 6) is 0. The van der Waals surface area contributed by atoms with Gasteiger partial charge in [-0.1, -0.05) is 18.9 Å². The van der Waals surface area contributed by atoms with Crippen LogP contribution >= 0.6 is 0 Å². The third-order valence-electron chi connectivity index (χ3n) is 3.26. The highest BCUT2D eigenvalue weighted by Gasteiger charge is 2.32. The van der Waals surface area contributed by atoms with Gasteiger partial charge in [0.2, 0.25) is 0 Å². The van der Waals surface area contributed by atoms with E-state index in [9.17, 15) is 5.11 Å². The summed E-state index contributed by atoms with van der Waals surface area (Å²) in [6.07, 6.45) is 4.32. The summed E-state index contributed by atoms with van der Waals surface area (Å²) in [7, 11) is 0. The summed E-state index contributed by atoms with van der Waals surface area (Å²) in [6, 6.07) is 9.54. The highest BCUT2D eigenvalue weighted by molar-refractivity contribution is 5.51. The lowest BCUT2D eigenvalue weighted by atomic mass is 9.98. The van der Waals surface area contributed by atoms with Crippen LogP contribution in [0, 0.1) is 11.3 Å². The van der Waals surface area contributed by atoms with Gasteiger partial charge in [0.25, 0.3) is 0 Å². The van der Waals surface area contributed by atoms with Crippen LogP contribution in [0.3, 0.4) is 0 Å². The smallest absolute Gasteiger partial charge is 0.0992 e. The van der Waals surface area contributed by atoms with E-state index in [4.69, 9.17) is 5.26 Å². The second-order valence-corrected chi connectivity index (χ2v) is 4.46. The summed E-state index contributed by atoms with van der Waals surface area (Å²) in [5.41, 5.74) is 1.40. The number of nitrogens with zero attached hydrogens (tertiary/aromatic N) is 1. The molecule has 0 unspecified atom stereocenters. The van der Waals surface area contributed by atoms with Crippen molar-refractivity contribution in [2.75, 3.05) is 11.9 Å². The molecule has 0 saturated heterocycles. The van der Waals surface area contributed by atoms with Crippen LogP contribution in [-0.2, 0) is 0 Å². The van der Waals surface area contributed by atoms with Crippen LogP contribution in [0.2, 0.25) is 0 Å². The maximum atomic E-state index is 9.48. The highest BCUT2D eigenvalue weighted by atomic mass is 16.3. The Kier molecular flexibility index (Phi) is 3.12. The molecular formula is C13H16N2O. The SMILES string of the molecule is N#Cc1cccc(NC2(CO)CCCC2)c1. The van der Waals surface area contributed by atoms with E-state index >= 15 is 0 Å². The standard InChI is InChI=1S/C13H16N2O/c14-9-11-4-3-5-12(8-11)15-13(10-16)6-1-2-7-13/h3-5,8,15-16H,1-2,6-7,10H2. The molecule has 16 heavy (non-hydrogen) atoms. The Morgan fingerprint density at radius 2 is 2.12 bits per heavy atom. The molecule has 1 saturated carbocycles. The second kappa shape index (κ2) is 4.54. The predicted octanol–water partition coefficient (Wildman–Crippen LogP) is 2.28. The molecule has 1 aromatic rings. The van der Waals surface area contributed by atoms with Crippen molar-refractivity contribution in [1.29, 1.82) is 5.26 Å². The Hall–Kier alpha value is -1.53. The maximum absolute atomic E-state index is 9.48. The van der Waals surface area contributed by atoms with Crippen molar-refractivity contribution >= 4 is 5.69 Å². The number of rotatable bonds is 3. The van der Waals surface area contributed by atoms with Crippen molar-refractivity contribution in [3.05, 3.63) is 29.8 Å². The van der Waals surface area contributed by atoms with Crippen LogP contribution in [0.4, 0.5) is 5.69 Å². The molecule has 0 radical (unpaired) electrons. The number of nitrogens with one attached hydrogen (secondary N) is 1. The van der Waals surface area contributed by atoms with Crippen LogP contribution in [0.25, 0.3) is 0 Å². The lowest BCUT2D eigenvalue weighted by Crippen LogP contribution is -2.38. The van der Waals surface area contributed by atoms with Crippen LogP contribution in [-0.4, -0.2) is 17.3 Å². The van der Waals surface area contributed by atoms with Crippen LogP contribution in [0.5, 0.6) is 0 Å². The number of nitriles is 1. The molecule has 0 atom stereocenters. The van der Waals surface area contributed by atoms with E-state index in [1.807, 2.05) is 18.2 Å².